The number of nitrogens with one attached hydrogen (secondary N) is 1. The maximum Gasteiger partial charge on any atom is 0.416 e. The third-order valence-electron chi connectivity index (χ3n) is 1.95. The first kappa shape index (κ1) is 15.2. The van der Waals surface area contributed by atoms with E-state index in [1.54, 1.807) is 0 Å². The molecule has 0 aliphatic rings. The van der Waals surface area contributed by atoms with Crippen LogP contribution in [-0.2, 0) is 16.2 Å². The monoisotopic (exact) mass is 303 g/mol. The molecular formula is C9H9ClF3NO3S. The second-order valence-electron chi connectivity index (χ2n) is 3.26. The zero-order chi connectivity index (χ0) is 14.0. The van der Waals surface area contributed by atoms with Crippen LogP contribution in [0.25, 0.3) is 0 Å². The summed E-state index contributed by atoms with van der Waals surface area (Å²) in [4.78, 5) is -0.674. The fourth-order valence-corrected chi connectivity index (χ4v) is 2.69. The van der Waals surface area contributed by atoms with Crippen LogP contribution in [0.2, 0.25) is 5.02 Å². The van der Waals surface area contributed by atoms with Gasteiger partial charge in [0.2, 0.25) is 10.0 Å². The van der Waals surface area contributed by atoms with Gasteiger partial charge in [-0.25, -0.2) is 13.1 Å². The molecule has 0 radical (unpaired) electrons. The summed E-state index contributed by atoms with van der Waals surface area (Å²) in [5.41, 5.74) is -1.11. The summed E-state index contributed by atoms with van der Waals surface area (Å²) in [7, 11) is -4.18. The number of sulfonamides is 1. The molecule has 0 spiro atoms. The topological polar surface area (TPSA) is 66.4 Å². The van der Waals surface area contributed by atoms with Gasteiger partial charge in [0.1, 0.15) is 4.90 Å². The molecule has 102 valence electrons. The maximum absolute atomic E-state index is 12.4. The first-order valence-electron chi connectivity index (χ1n) is 4.66. The number of rotatable bonds is 4. The Morgan fingerprint density at radius 2 is 1.94 bits per heavy atom. The second kappa shape index (κ2) is 5.43. The van der Waals surface area contributed by atoms with Crippen molar-refractivity contribution in [3.8, 4) is 0 Å². The summed E-state index contributed by atoms with van der Waals surface area (Å²) < 4.78 is 62.5. The van der Waals surface area contributed by atoms with Crippen LogP contribution < -0.4 is 4.72 Å². The molecule has 0 bridgehead atoms. The number of hydrogen-bond acceptors (Lipinski definition) is 3. The standard InChI is InChI=1S/C9H9ClF3NO3S/c10-7-2-1-6(9(11,12)13)5-8(7)18(16,17)14-3-4-15/h1-2,5,14-15H,3-4H2. The Balaban J connectivity index is 3.24. The molecule has 0 aliphatic carbocycles. The summed E-state index contributed by atoms with van der Waals surface area (Å²) in [6, 6.07) is 1.99. The third kappa shape index (κ3) is 3.58. The van der Waals surface area contributed by atoms with E-state index >= 15 is 0 Å². The van der Waals surface area contributed by atoms with Gasteiger partial charge in [-0.2, -0.15) is 13.2 Å². The van der Waals surface area contributed by atoms with Gasteiger partial charge < -0.3 is 5.11 Å². The quantitative estimate of drug-likeness (QED) is 0.888. The second-order valence-corrected chi connectivity index (χ2v) is 5.41. The van der Waals surface area contributed by atoms with E-state index in [1.165, 1.54) is 0 Å². The average molecular weight is 304 g/mol. The fourth-order valence-electron chi connectivity index (χ4n) is 1.14. The van der Waals surface area contributed by atoms with Gasteiger partial charge in [0, 0.05) is 6.54 Å². The highest BCUT2D eigenvalue weighted by atomic mass is 35.5. The van der Waals surface area contributed by atoms with Crippen molar-refractivity contribution in [1.82, 2.24) is 4.72 Å². The molecule has 0 aromatic heterocycles. The van der Waals surface area contributed by atoms with Crippen molar-refractivity contribution in [2.24, 2.45) is 0 Å². The molecule has 4 nitrogen and oxygen atoms in total. The minimum Gasteiger partial charge on any atom is -0.395 e. The fraction of sp³-hybridized carbons (Fsp3) is 0.333. The summed E-state index contributed by atoms with van der Waals surface area (Å²) >= 11 is 5.56. The molecule has 0 unspecified atom stereocenters. The number of aliphatic hydroxyl groups excluding tert-OH is 1. The Hall–Kier alpha value is -0.830. The predicted molar refractivity (Wildman–Crippen MR) is 58.7 cm³/mol. The number of benzene rings is 1. The molecule has 0 heterocycles. The highest BCUT2D eigenvalue weighted by molar-refractivity contribution is 7.89. The molecule has 0 amide bonds. The zero-order valence-electron chi connectivity index (χ0n) is 8.83. The van der Waals surface area contributed by atoms with E-state index in [0.717, 1.165) is 6.07 Å². The largest absolute Gasteiger partial charge is 0.416 e. The van der Waals surface area contributed by atoms with Gasteiger partial charge in [-0.15, -0.1) is 0 Å². The summed E-state index contributed by atoms with van der Waals surface area (Å²) in [5, 5.41) is 8.16. The minimum atomic E-state index is -4.66. The lowest BCUT2D eigenvalue weighted by molar-refractivity contribution is -0.137. The predicted octanol–water partition coefficient (Wildman–Crippen LogP) is 1.63. The van der Waals surface area contributed by atoms with Crippen molar-refractivity contribution in [3.05, 3.63) is 28.8 Å². The Labute approximate surface area is 106 Å². The lowest BCUT2D eigenvalue weighted by atomic mass is 10.2. The summed E-state index contributed by atoms with van der Waals surface area (Å²) in [5.74, 6) is 0. The number of halogens is 4. The molecule has 0 saturated heterocycles. The van der Waals surface area contributed by atoms with E-state index < -0.39 is 33.3 Å². The Morgan fingerprint density at radius 3 is 2.44 bits per heavy atom. The number of alkyl halides is 3. The van der Waals surface area contributed by atoms with Crippen LogP contribution in [0.15, 0.2) is 23.1 Å². The molecule has 0 fully saturated rings. The first-order valence-corrected chi connectivity index (χ1v) is 6.52. The van der Waals surface area contributed by atoms with Crippen molar-refractivity contribution >= 4 is 21.6 Å². The Kier molecular flexibility index (Phi) is 4.60. The van der Waals surface area contributed by atoms with Crippen LogP contribution in [0, 0.1) is 0 Å². The third-order valence-corrected chi connectivity index (χ3v) is 3.89. The molecule has 0 aliphatic heterocycles. The van der Waals surface area contributed by atoms with Crippen LogP contribution in [0.1, 0.15) is 5.56 Å². The van der Waals surface area contributed by atoms with Gasteiger partial charge >= 0.3 is 6.18 Å². The van der Waals surface area contributed by atoms with Gasteiger partial charge in [-0.1, -0.05) is 11.6 Å². The molecule has 1 aromatic carbocycles. The molecular weight excluding hydrogens is 295 g/mol. The van der Waals surface area contributed by atoms with E-state index in [9.17, 15) is 21.6 Å². The number of aliphatic hydroxyl groups is 1. The van der Waals surface area contributed by atoms with Gasteiger partial charge in [0.05, 0.1) is 17.2 Å². The van der Waals surface area contributed by atoms with Crippen LogP contribution in [0.4, 0.5) is 13.2 Å². The lowest BCUT2D eigenvalue weighted by Gasteiger charge is -2.11. The lowest BCUT2D eigenvalue weighted by Crippen LogP contribution is -2.27. The van der Waals surface area contributed by atoms with Crippen LogP contribution >= 0.6 is 11.6 Å². The molecule has 0 saturated carbocycles. The van der Waals surface area contributed by atoms with Gasteiger partial charge in [0.25, 0.3) is 0 Å². The van der Waals surface area contributed by atoms with E-state index in [-0.39, 0.29) is 11.6 Å². The minimum absolute atomic E-state index is 0.311. The zero-order valence-corrected chi connectivity index (χ0v) is 10.4. The average Bonchev–Trinajstić information content (AvgIpc) is 2.25. The molecule has 18 heavy (non-hydrogen) atoms. The van der Waals surface area contributed by atoms with Gasteiger partial charge in [0.15, 0.2) is 0 Å². The molecule has 9 heteroatoms. The van der Waals surface area contributed by atoms with Crippen molar-refractivity contribution in [3.63, 3.8) is 0 Å². The highest BCUT2D eigenvalue weighted by Crippen LogP contribution is 2.33. The van der Waals surface area contributed by atoms with Crippen molar-refractivity contribution in [1.29, 1.82) is 0 Å². The summed E-state index contributed by atoms with van der Waals surface area (Å²) in [6.45, 7) is -0.787. The molecule has 1 aromatic rings. The van der Waals surface area contributed by atoms with Crippen molar-refractivity contribution in [2.45, 2.75) is 11.1 Å². The van der Waals surface area contributed by atoms with Crippen molar-refractivity contribution in [2.75, 3.05) is 13.2 Å². The maximum atomic E-state index is 12.4. The van der Waals surface area contributed by atoms with Gasteiger partial charge in [-0.3, -0.25) is 0 Å². The SMILES string of the molecule is O=S(=O)(NCCO)c1cc(C(F)(F)F)ccc1Cl. The van der Waals surface area contributed by atoms with Crippen molar-refractivity contribution < 1.29 is 26.7 Å². The first-order chi connectivity index (χ1) is 8.18. The Morgan fingerprint density at radius 1 is 1.33 bits per heavy atom. The normalized spacial score (nSPS) is 12.7. The van der Waals surface area contributed by atoms with E-state index in [4.69, 9.17) is 16.7 Å². The molecule has 0 atom stereocenters. The Bertz CT molecular complexity index is 530. The van der Waals surface area contributed by atoms with E-state index in [0.29, 0.717) is 12.1 Å². The van der Waals surface area contributed by atoms with Crippen LogP contribution in [0.5, 0.6) is 0 Å². The van der Waals surface area contributed by atoms with Gasteiger partial charge in [-0.05, 0) is 18.2 Å². The van der Waals surface area contributed by atoms with E-state index in [2.05, 4.69) is 0 Å². The van der Waals surface area contributed by atoms with E-state index in [1.807, 2.05) is 4.72 Å². The van der Waals surface area contributed by atoms with Crippen LogP contribution in [0.3, 0.4) is 0 Å². The van der Waals surface area contributed by atoms with Crippen LogP contribution in [-0.4, -0.2) is 26.7 Å². The molecule has 1 rings (SSSR count). The molecule has 2 N–H and O–H groups in total. The smallest absolute Gasteiger partial charge is 0.395 e. The highest BCUT2D eigenvalue weighted by Gasteiger charge is 2.32. The number of hydrogen-bond donors (Lipinski definition) is 2. The summed E-state index contributed by atoms with van der Waals surface area (Å²) in [6.07, 6.45) is -4.66.